The van der Waals surface area contributed by atoms with Crippen LogP contribution in [0.4, 0.5) is 0 Å². The van der Waals surface area contributed by atoms with Crippen molar-refractivity contribution in [3.63, 3.8) is 0 Å². The van der Waals surface area contributed by atoms with Gasteiger partial charge in [0.05, 0.1) is 16.1 Å². The van der Waals surface area contributed by atoms with Gasteiger partial charge >= 0.3 is 0 Å². The first-order valence-electron chi connectivity index (χ1n) is 10.7. The molecule has 0 aromatic heterocycles. The Balaban J connectivity index is 1.65. The molecular weight excluding hydrogens is 409 g/mol. The van der Waals surface area contributed by atoms with Crippen LogP contribution in [0.5, 0.6) is 0 Å². The molecule has 0 radical (unpaired) electrons. The second-order valence-corrected chi connectivity index (χ2v) is 9.08. The first-order chi connectivity index (χ1) is 13.9. The number of piperazine rings is 1. The molecule has 5 nitrogen and oxygen atoms in total. The van der Waals surface area contributed by atoms with Crippen molar-refractivity contribution in [2.45, 2.75) is 58.0 Å². The van der Waals surface area contributed by atoms with Gasteiger partial charge in [-0.05, 0) is 50.3 Å². The highest BCUT2D eigenvalue weighted by Crippen LogP contribution is 2.31. The van der Waals surface area contributed by atoms with Crippen molar-refractivity contribution < 1.29 is 9.59 Å². The van der Waals surface area contributed by atoms with E-state index in [0.29, 0.717) is 47.7 Å². The van der Waals surface area contributed by atoms with E-state index in [0.717, 1.165) is 19.3 Å². The highest BCUT2D eigenvalue weighted by atomic mass is 35.5. The maximum Gasteiger partial charge on any atom is 0.253 e. The Kier molecular flexibility index (Phi) is 7.83. The topological polar surface area (TPSA) is 52.7 Å². The zero-order chi connectivity index (χ0) is 21.0. The summed E-state index contributed by atoms with van der Waals surface area (Å²) in [6, 6.07) is 5.09. The standard InChI is InChI=1S/C22H31Cl2N3O2/c1-3-15(2)25-21(28)20(16-6-4-5-7-16)26-10-12-27(13-11-26)22(29)17-8-9-18(23)19(24)14-17/h8-9,14-16,20H,3-7,10-13H2,1-2H3,(H,25,28)/t15-,20+/m1/s1. The van der Waals surface area contributed by atoms with Crippen molar-refractivity contribution in [3.8, 4) is 0 Å². The largest absolute Gasteiger partial charge is 0.352 e. The third-order valence-electron chi connectivity index (χ3n) is 6.28. The summed E-state index contributed by atoms with van der Waals surface area (Å²) in [7, 11) is 0. The lowest BCUT2D eigenvalue weighted by molar-refractivity contribution is -0.129. The quantitative estimate of drug-likeness (QED) is 0.721. The summed E-state index contributed by atoms with van der Waals surface area (Å²) in [4.78, 5) is 30.0. The van der Waals surface area contributed by atoms with Crippen LogP contribution in [-0.2, 0) is 4.79 Å². The van der Waals surface area contributed by atoms with E-state index in [4.69, 9.17) is 23.2 Å². The molecule has 2 aliphatic rings. The number of nitrogens with zero attached hydrogens (tertiary/aromatic N) is 2. The summed E-state index contributed by atoms with van der Waals surface area (Å²) < 4.78 is 0. The molecule has 1 aliphatic carbocycles. The summed E-state index contributed by atoms with van der Waals surface area (Å²) in [5.74, 6) is 0.525. The Bertz CT molecular complexity index is 729. The van der Waals surface area contributed by atoms with Gasteiger partial charge in [-0.1, -0.05) is 43.0 Å². The van der Waals surface area contributed by atoms with Gasteiger partial charge in [-0.2, -0.15) is 0 Å². The lowest BCUT2D eigenvalue weighted by Gasteiger charge is -2.41. The number of carbonyl (C=O) groups excluding carboxylic acids is 2. The average molecular weight is 440 g/mol. The van der Waals surface area contributed by atoms with Crippen LogP contribution in [0.1, 0.15) is 56.3 Å². The smallest absolute Gasteiger partial charge is 0.253 e. The summed E-state index contributed by atoms with van der Waals surface area (Å²) in [5.41, 5.74) is 0.551. The summed E-state index contributed by atoms with van der Waals surface area (Å²) in [5, 5.41) is 4.02. The lowest BCUT2D eigenvalue weighted by atomic mass is 9.94. The second kappa shape index (κ2) is 10.1. The summed E-state index contributed by atoms with van der Waals surface area (Å²) >= 11 is 12.0. The van der Waals surface area contributed by atoms with E-state index in [-0.39, 0.29) is 23.9 Å². The molecule has 3 rings (SSSR count). The molecular formula is C22H31Cl2N3O2. The molecule has 0 bridgehead atoms. The summed E-state index contributed by atoms with van der Waals surface area (Å²) in [6.07, 6.45) is 5.55. The van der Waals surface area contributed by atoms with Gasteiger partial charge < -0.3 is 10.2 Å². The number of benzene rings is 1. The minimum atomic E-state index is -0.0891. The fourth-order valence-electron chi connectivity index (χ4n) is 4.40. The van der Waals surface area contributed by atoms with Gasteiger partial charge in [0.15, 0.2) is 0 Å². The predicted molar refractivity (Wildman–Crippen MR) is 118 cm³/mol. The van der Waals surface area contributed by atoms with E-state index in [2.05, 4.69) is 24.1 Å². The van der Waals surface area contributed by atoms with Crippen molar-refractivity contribution in [2.24, 2.45) is 5.92 Å². The summed E-state index contributed by atoms with van der Waals surface area (Å²) in [6.45, 7) is 6.78. The molecule has 1 aromatic carbocycles. The molecule has 2 atom stereocenters. The van der Waals surface area contributed by atoms with Crippen LogP contribution in [0.2, 0.25) is 10.0 Å². The Hall–Kier alpha value is -1.30. The highest BCUT2D eigenvalue weighted by molar-refractivity contribution is 6.42. The minimum absolute atomic E-state index is 0.0373. The first-order valence-corrected chi connectivity index (χ1v) is 11.4. The average Bonchev–Trinajstić information content (AvgIpc) is 3.24. The zero-order valence-corrected chi connectivity index (χ0v) is 18.8. The Morgan fingerprint density at radius 1 is 1.10 bits per heavy atom. The number of hydrogen-bond acceptors (Lipinski definition) is 3. The molecule has 2 fully saturated rings. The van der Waals surface area contributed by atoms with Crippen LogP contribution >= 0.6 is 23.2 Å². The maximum atomic E-state index is 13.0. The van der Waals surface area contributed by atoms with Gasteiger partial charge in [-0.3, -0.25) is 14.5 Å². The van der Waals surface area contributed by atoms with Gasteiger partial charge in [0, 0.05) is 37.8 Å². The Labute approximate surface area is 183 Å². The van der Waals surface area contributed by atoms with E-state index in [9.17, 15) is 9.59 Å². The minimum Gasteiger partial charge on any atom is -0.352 e. The number of carbonyl (C=O) groups is 2. The fourth-order valence-corrected chi connectivity index (χ4v) is 4.69. The second-order valence-electron chi connectivity index (χ2n) is 8.26. The van der Waals surface area contributed by atoms with Gasteiger partial charge in [-0.15, -0.1) is 0 Å². The Morgan fingerprint density at radius 2 is 1.76 bits per heavy atom. The van der Waals surface area contributed by atoms with Gasteiger partial charge in [0.25, 0.3) is 5.91 Å². The van der Waals surface area contributed by atoms with E-state index < -0.39 is 0 Å². The number of nitrogens with one attached hydrogen (secondary N) is 1. The molecule has 1 heterocycles. The molecule has 1 saturated carbocycles. The molecule has 1 N–H and O–H groups in total. The van der Waals surface area contributed by atoms with Crippen molar-refractivity contribution in [1.82, 2.24) is 15.1 Å². The molecule has 1 aliphatic heterocycles. The van der Waals surface area contributed by atoms with Crippen LogP contribution in [0.15, 0.2) is 18.2 Å². The van der Waals surface area contributed by atoms with Gasteiger partial charge in [0.2, 0.25) is 5.91 Å². The lowest BCUT2D eigenvalue weighted by Crippen LogP contribution is -2.58. The third-order valence-corrected chi connectivity index (χ3v) is 7.02. The van der Waals surface area contributed by atoms with Crippen LogP contribution in [0.3, 0.4) is 0 Å². The number of hydrogen-bond donors (Lipinski definition) is 1. The van der Waals surface area contributed by atoms with Crippen LogP contribution in [-0.4, -0.2) is 59.9 Å². The monoisotopic (exact) mass is 439 g/mol. The van der Waals surface area contributed by atoms with Gasteiger partial charge in [0.1, 0.15) is 0 Å². The normalized spacial score (nSPS) is 20.5. The Morgan fingerprint density at radius 3 is 2.34 bits per heavy atom. The molecule has 1 aromatic rings. The van der Waals surface area contributed by atoms with E-state index in [1.165, 1.54) is 12.8 Å². The van der Waals surface area contributed by atoms with Crippen LogP contribution in [0, 0.1) is 5.92 Å². The fraction of sp³-hybridized carbons (Fsp3) is 0.636. The SMILES string of the molecule is CC[C@@H](C)NC(=O)[C@H](C1CCCC1)N1CCN(C(=O)c2ccc(Cl)c(Cl)c2)CC1. The molecule has 2 amide bonds. The third kappa shape index (κ3) is 5.44. The first kappa shape index (κ1) is 22.4. The van der Waals surface area contributed by atoms with Crippen molar-refractivity contribution in [3.05, 3.63) is 33.8 Å². The van der Waals surface area contributed by atoms with Gasteiger partial charge in [-0.25, -0.2) is 0 Å². The molecule has 29 heavy (non-hydrogen) atoms. The van der Waals surface area contributed by atoms with E-state index in [1.807, 2.05) is 4.90 Å². The molecule has 0 unspecified atom stereocenters. The van der Waals surface area contributed by atoms with Crippen LogP contribution in [0.25, 0.3) is 0 Å². The number of halogens is 2. The maximum absolute atomic E-state index is 13.0. The molecule has 7 heteroatoms. The van der Waals surface area contributed by atoms with E-state index >= 15 is 0 Å². The molecule has 160 valence electrons. The van der Waals surface area contributed by atoms with E-state index in [1.54, 1.807) is 18.2 Å². The number of amides is 2. The number of rotatable bonds is 6. The van der Waals surface area contributed by atoms with Crippen molar-refractivity contribution in [2.75, 3.05) is 26.2 Å². The van der Waals surface area contributed by atoms with Crippen LogP contribution < -0.4 is 5.32 Å². The highest BCUT2D eigenvalue weighted by Gasteiger charge is 2.37. The predicted octanol–water partition coefficient (Wildman–Crippen LogP) is 4.22. The molecule has 1 saturated heterocycles. The molecule has 0 spiro atoms. The van der Waals surface area contributed by atoms with Crippen molar-refractivity contribution >= 4 is 35.0 Å². The zero-order valence-electron chi connectivity index (χ0n) is 17.3. The van der Waals surface area contributed by atoms with Crippen molar-refractivity contribution in [1.29, 1.82) is 0 Å².